The summed E-state index contributed by atoms with van der Waals surface area (Å²) >= 11 is 0. The smallest absolute Gasteiger partial charge is 0.248 e. The second kappa shape index (κ2) is 17.8. The van der Waals surface area contributed by atoms with Gasteiger partial charge in [-0.2, -0.15) is 0 Å². The van der Waals surface area contributed by atoms with Gasteiger partial charge in [-0.05, 0) is 53.0 Å². The van der Waals surface area contributed by atoms with Gasteiger partial charge in [0.2, 0.25) is 11.8 Å². The Bertz CT molecular complexity index is 584. The molecule has 0 aliphatic rings. The Balaban J connectivity index is -0.000000490. The first-order chi connectivity index (χ1) is 13.7. The standard InChI is InChI=1S/C11H18F2O2.C11H16F2O2.CH4/c2*1-9(14)5-3-4-7-11(12,13)8-6-10(2)15;/h3-8H2,1-2H3;3,5H,4,6-8H2,1-2H3;1H4/b;5-3+;. The number of allylic oxidation sites excluding steroid dienone is 2. The van der Waals surface area contributed by atoms with E-state index in [1.807, 2.05) is 0 Å². The van der Waals surface area contributed by atoms with E-state index in [1.165, 1.54) is 39.8 Å². The second-order valence-corrected chi connectivity index (χ2v) is 7.58. The molecule has 0 bridgehead atoms. The quantitative estimate of drug-likeness (QED) is 0.157. The topological polar surface area (TPSA) is 68.3 Å². The van der Waals surface area contributed by atoms with Crippen LogP contribution in [-0.2, 0) is 19.2 Å². The fraction of sp³-hybridized carbons (Fsp3) is 0.739. The van der Waals surface area contributed by atoms with Gasteiger partial charge >= 0.3 is 0 Å². The molecule has 4 nitrogen and oxygen atoms in total. The molecule has 0 aliphatic carbocycles. The summed E-state index contributed by atoms with van der Waals surface area (Å²) in [6, 6.07) is 0. The largest absolute Gasteiger partial charge is 0.300 e. The Morgan fingerprint density at radius 3 is 1.45 bits per heavy atom. The predicted molar refractivity (Wildman–Crippen MR) is 115 cm³/mol. The molecule has 31 heavy (non-hydrogen) atoms. The minimum Gasteiger partial charge on any atom is -0.300 e. The van der Waals surface area contributed by atoms with Crippen molar-refractivity contribution >= 4 is 23.1 Å². The zero-order valence-electron chi connectivity index (χ0n) is 18.4. The first-order valence-electron chi connectivity index (χ1n) is 10.1. The Hall–Kier alpha value is -1.86. The van der Waals surface area contributed by atoms with Crippen LogP contribution in [-0.4, -0.2) is 35.0 Å². The maximum Gasteiger partial charge on any atom is 0.248 e. The summed E-state index contributed by atoms with van der Waals surface area (Å²) in [6.45, 7) is 5.43. The fourth-order valence-corrected chi connectivity index (χ4v) is 2.27. The van der Waals surface area contributed by atoms with Gasteiger partial charge in [0.15, 0.2) is 5.78 Å². The molecule has 0 amide bonds. The van der Waals surface area contributed by atoms with Crippen LogP contribution in [0.5, 0.6) is 0 Å². The Morgan fingerprint density at radius 2 is 1.06 bits per heavy atom. The summed E-state index contributed by atoms with van der Waals surface area (Å²) < 4.78 is 52.2. The molecular formula is C23H38F4O4. The van der Waals surface area contributed by atoms with Crippen molar-refractivity contribution in [3.05, 3.63) is 12.2 Å². The average Bonchev–Trinajstić information content (AvgIpc) is 2.60. The highest BCUT2D eigenvalue weighted by Gasteiger charge is 2.28. The summed E-state index contributed by atoms with van der Waals surface area (Å²) in [5.74, 6) is -6.13. The highest BCUT2D eigenvalue weighted by atomic mass is 19.3. The van der Waals surface area contributed by atoms with Crippen LogP contribution in [0.3, 0.4) is 0 Å². The summed E-state index contributed by atoms with van der Waals surface area (Å²) in [5, 5.41) is 0. The van der Waals surface area contributed by atoms with Crippen LogP contribution in [0, 0.1) is 0 Å². The number of carbonyl (C=O) groups is 4. The van der Waals surface area contributed by atoms with Crippen molar-refractivity contribution in [3.8, 4) is 0 Å². The highest BCUT2D eigenvalue weighted by Crippen LogP contribution is 2.27. The van der Waals surface area contributed by atoms with Gasteiger partial charge in [0.25, 0.3) is 0 Å². The van der Waals surface area contributed by atoms with E-state index in [-0.39, 0.29) is 69.1 Å². The summed E-state index contributed by atoms with van der Waals surface area (Å²) in [6.07, 6.45) is 2.59. The van der Waals surface area contributed by atoms with E-state index in [0.29, 0.717) is 19.3 Å². The molecule has 0 rings (SSSR count). The predicted octanol–water partition coefficient (Wildman–Crippen LogP) is 6.69. The molecule has 0 saturated heterocycles. The molecule has 0 aromatic heterocycles. The number of hydrogen-bond acceptors (Lipinski definition) is 4. The van der Waals surface area contributed by atoms with Crippen molar-refractivity contribution in [2.45, 2.75) is 111 Å². The number of carbonyl (C=O) groups excluding carboxylic acids is 4. The Kier molecular flexibility index (Phi) is 19.4. The van der Waals surface area contributed by atoms with Crippen molar-refractivity contribution in [3.63, 3.8) is 0 Å². The summed E-state index contributed by atoms with van der Waals surface area (Å²) in [7, 11) is 0. The number of rotatable bonds is 15. The average molecular weight is 455 g/mol. The van der Waals surface area contributed by atoms with E-state index >= 15 is 0 Å². The van der Waals surface area contributed by atoms with Crippen molar-refractivity contribution in [1.29, 1.82) is 0 Å². The van der Waals surface area contributed by atoms with Crippen LogP contribution in [0.15, 0.2) is 12.2 Å². The van der Waals surface area contributed by atoms with Crippen LogP contribution in [0.2, 0.25) is 0 Å². The molecule has 0 fully saturated rings. The minimum atomic E-state index is -2.81. The Labute approximate surface area is 183 Å². The SMILES string of the molecule is C.CC(=O)/C=C/CCC(F)(F)CCC(C)=O.CC(=O)CCCCC(F)(F)CCC(C)=O. The lowest BCUT2D eigenvalue weighted by atomic mass is 10.0. The number of alkyl halides is 4. The molecular weight excluding hydrogens is 416 g/mol. The normalized spacial score (nSPS) is 11.4. The van der Waals surface area contributed by atoms with E-state index in [9.17, 15) is 36.7 Å². The maximum atomic E-state index is 13.1. The number of ketones is 4. The lowest BCUT2D eigenvalue weighted by Gasteiger charge is -2.14. The van der Waals surface area contributed by atoms with Crippen LogP contribution >= 0.6 is 0 Å². The van der Waals surface area contributed by atoms with Crippen LogP contribution in [0.1, 0.15) is 99.3 Å². The molecule has 0 spiro atoms. The summed E-state index contributed by atoms with van der Waals surface area (Å²) in [4.78, 5) is 42.1. The van der Waals surface area contributed by atoms with Crippen LogP contribution in [0.25, 0.3) is 0 Å². The third-order valence-corrected chi connectivity index (χ3v) is 4.04. The van der Waals surface area contributed by atoms with Crippen LogP contribution < -0.4 is 0 Å². The van der Waals surface area contributed by atoms with Gasteiger partial charge in [0, 0.05) is 44.9 Å². The zero-order chi connectivity index (χ0) is 23.8. The molecule has 0 aromatic rings. The lowest BCUT2D eigenvalue weighted by molar-refractivity contribution is -0.120. The molecule has 0 aromatic carbocycles. The van der Waals surface area contributed by atoms with E-state index in [4.69, 9.17) is 0 Å². The van der Waals surface area contributed by atoms with E-state index in [2.05, 4.69) is 0 Å². The molecule has 0 aliphatic heterocycles. The minimum absolute atomic E-state index is 0. The van der Waals surface area contributed by atoms with Crippen molar-refractivity contribution < 1.29 is 36.7 Å². The zero-order valence-corrected chi connectivity index (χ0v) is 18.4. The van der Waals surface area contributed by atoms with Gasteiger partial charge in [0.1, 0.15) is 17.3 Å². The molecule has 0 radical (unpaired) electrons. The third kappa shape index (κ3) is 28.1. The van der Waals surface area contributed by atoms with Gasteiger partial charge in [-0.1, -0.05) is 13.5 Å². The van der Waals surface area contributed by atoms with Crippen molar-refractivity contribution in [1.82, 2.24) is 0 Å². The van der Waals surface area contributed by atoms with Gasteiger partial charge < -0.3 is 14.4 Å². The first-order valence-corrected chi connectivity index (χ1v) is 10.1. The monoisotopic (exact) mass is 454 g/mol. The Morgan fingerprint density at radius 1 is 0.645 bits per heavy atom. The third-order valence-electron chi connectivity index (χ3n) is 4.04. The van der Waals surface area contributed by atoms with Crippen LogP contribution in [0.4, 0.5) is 17.6 Å². The number of Topliss-reactive ketones (excluding diaryl/α,β-unsaturated/α-hetero) is 3. The number of hydrogen-bond donors (Lipinski definition) is 0. The van der Waals surface area contributed by atoms with Gasteiger partial charge in [-0.15, -0.1) is 0 Å². The molecule has 0 unspecified atom stereocenters. The molecule has 182 valence electrons. The maximum absolute atomic E-state index is 13.1. The number of halogens is 4. The van der Waals surface area contributed by atoms with E-state index in [1.54, 1.807) is 0 Å². The molecule has 0 atom stereocenters. The molecule has 0 saturated carbocycles. The van der Waals surface area contributed by atoms with Crippen molar-refractivity contribution in [2.24, 2.45) is 0 Å². The lowest BCUT2D eigenvalue weighted by Crippen LogP contribution is -2.17. The van der Waals surface area contributed by atoms with Gasteiger partial charge in [-0.3, -0.25) is 4.79 Å². The fourth-order valence-electron chi connectivity index (χ4n) is 2.27. The summed E-state index contributed by atoms with van der Waals surface area (Å²) in [5.41, 5.74) is 0. The van der Waals surface area contributed by atoms with E-state index in [0.717, 1.165) is 0 Å². The van der Waals surface area contributed by atoms with Gasteiger partial charge in [-0.25, -0.2) is 17.6 Å². The highest BCUT2D eigenvalue weighted by molar-refractivity contribution is 5.87. The second-order valence-electron chi connectivity index (χ2n) is 7.58. The molecule has 0 N–H and O–H groups in total. The van der Waals surface area contributed by atoms with E-state index < -0.39 is 18.3 Å². The number of unbranched alkanes of at least 4 members (excludes halogenated alkanes) is 1. The van der Waals surface area contributed by atoms with Crippen molar-refractivity contribution in [2.75, 3.05) is 0 Å². The van der Waals surface area contributed by atoms with Gasteiger partial charge in [0.05, 0.1) is 0 Å². The molecule has 8 heteroatoms. The first kappa shape index (κ1) is 33.8. The molecule has 0 heterocycles.